The number of carbonyl (C=O) groups excluding carboxylic acids is 1. The van der Waals surface area contributed by atoms with Gasteiger partial charge in [0.25, 0.3) is 0 Å². The predicted molar refractivity (Wildman–Crippen MR) is 80.4 cm³/mol. The second kappa shape index (κ2) is 8.33. The molecule has 0 saturated carbocycles. The minimum Gasteiger partial charge on any atom is -0.469 e. The van der Waals surface area contributed by atoms with E-state index in [1.807, 2.05) is 11.4 Å². The lowest BCUT2D eigenvalue weighted by Gasteiger charge is -2.22. The number of rotatable bonds is 8. The molecule has 1 aromatic rings. The minimum atomic E-state index is -0.165. The smallest absolute Gasteiger partial charge is 0.307 e. The molecule has 0 saturated heterocycles. The first kappa shape index (κ1) is 16.2. The van der Waals surface area contributed by atoms with E-state index >= 15 is 0 Å². The third-order valence-electron chi connectivity index (χ3n) is 3.15. The van der Waals surface area contributed by atoms with Gasteiger partial charge in [0.05, 0.1) is 19.6 Å². The molecule has 0 radical (unpaired) electrons. The highest BCUT2D eigenvalue weighted by molar-refractivity contribution is 7.10. The molecular formula is C15H25NO2S. The van der Waals surface area contributed by atoms with E-state index in [-0.39, 0.29) is 12.0 Å². The molecular weight excluding hydrogens is 258 g/mol. The summed E-state index contributed by atoms with van der Waals surface area (Å²) in [6.45, 7) is 6.65. The Hall–Kier alpha value is -0.870. The summed E-state index contributed by atoms with van der Waals surface area (Å²) in [7, 11) is 1.44. The van der Waals surface area contributed by atoms with Crippen molar-refractivity contribution in [3.8, 4) is 0 Å². The molecule has 0 bridgehead atoms. The maximum absolute atomic E-state index is 11.5. The zero-order chi connectivity index (χ0) is 14.3. The van der Waals surface area contributed by atoms with Crippen molar-refractivity contribution >= 4 is 17.3 Å². The molecule has 0 aromatic carbocycles. The van der Waals surface area contributed by atoms with Crippen LogP contribution in [-0.4, -0.2) is 19.1 Å². The molecule has 2 atom stereocenters. The molecule has 0 aliphatic rings. The van der Waals surface area contributed by atoms with Crippen molar-refractivity contribution in [2.24, 2.45) is 5.92 Å². The highest BCUT2D eigenvalue weighted by atomic mass is 32.1. The van der Waals surface area contributed by atoms with Crippen molar-refractivity contribution in [1.29, 1.82) is 0 Å². The van der Waals surface area contributed by atoms with Crippen LogP contribution in [0.4, 0.5) is 0 Å². The van der Waals surface area contributed by atoms with E-state index in [1.54, 1.807) is 11.3 Å². The Morgan fingerprint density at radius 3 is 2.63 bits per heavy atom. The van der Waals surface area contributed by atoms with Gasteiger partial charge in [0.1, 0.15) is 0 Å². The van der Waals surface area contributed by atoms with Crippen LogP contribution in [0.3, 0.4) is 0 Å². The van der Waals surface area contributed by atoms with Crippen molar-refractivity contribution < 1.29 is 9.53 Å². The molecule has 0 aliphatic carbocycles. The Kier molecular flexibility index (Phi) is 7.10. The number of thiophene rings is 1. The number of nitrogens with one attached hydrogen (secondary N) is 1. The van der Waals surface area contributed by atoms with Crippen LogP contribution in [0.5, 0.6) is 0 Å². The van der Waals surface area contributed by atoms with E-state index in [1.165, 1.54) is 18.4 Å². The van der Waals surface area contributed by atoms with Gasteiger partial charge in [0, 0.05) is 10.9 Å². The van der Waals surface area contributed by atoms with Crippen LogP contribution in [0.1, 0.15) is 51.0 Å². The van der Waals surface area contributed by atoms with Crippen LogP contribution in [0, 0.1) is 5.92 Å². The molecule has 4 heteroatoms. The van der Waals surface area contributed by atoms with Gasteiger partial charge in [-0.3, -0.25) is 4.79 Å². The summed E-state index contributed by atoms with van der Waals surface area (Å²) < 4.78 is 4.78. The molecule has 19 heavy (non-hydrogen) atoms. The van der Waals surface area contributed by atoms with Gasteiger partial charge in [-0.2, -0.15) is 0 Å². The fourth-order valence-corrected chi connectivity index (χ4v) is 2.78. The zero-order valence-corrected chi connectivity index (χ0v) is 13.1. The van der Waals surface area contributed by atoms with Crippen LogP contribution in [0.15, 0.2) is 17.5 Å². The molecule has 0 amide bonds. The molecule has 3 nitrogen and oxygen atoms in total. The SMILES string of the molecule is COC(=O)CC(NC(C)CCC(C)C)c1cccs1. The number of methoxy groups -OCH3 is 1. The average Bonchev–Trinajstić information content (AvgIpc) is 2.89. The van der Waals surface area contributed by atoms with Gasteiger partial charge in [-0.25, -0.2) is 0 Å². The largest absolute Gasteiger partial charge is 0.469 e. The van der Waals surface area contributed by atoms with Gasteiger partial charge >= 0.3 is 5.97 Å². The summed E-state index contributed by atoms with van der Waals surface area (Å²) in [5.41, 5.74) is 0. The van der Waals surface area contributed by atoms with Gasteiger partial charge in [0.2, 0.25) is 0 Å². The van der Waals surface area contributed by atoms with E-state index < -0.39 is 0 Å². The first-order chi connectivity index (χ1) is 9.02. The van der Waals surface area contributed by atoms with Gasteiger partial charge < -0.3 is 10.1 Å². The van der Waals surface area contributed by atoms with Crippen LogP contribution in [-0.2, 0) is 9.53 Å². The van der Waals surface area contributed by atoms with Crippen LogP contribution in [0.25, 0.3) is 0 Å². The standard InChI is InChI=1S/C15H25NO2S/c1-11(2)7-8-12(3)16-13(10-15(17)18-4)14-6-5-9-19-14/h5-6,9,11-13,16H,7-8,10H2,1-4H3. The van der Waals surface area contributed by atoms with Gasteiger partial charge in [-0.1, -0.05) is 19.9 Å². The predicted octanol–water partition coefficient (Wildman–Crippen LogP) is 3.77. The Bertz CT molecular complexity index is 362. The van der Waals surface area contributed by atoms with Gasteiger partial charge in [-0.05, 0) is 37.1 Å². The lowest BCUT2D eigenvalue weighted by atomic mass is 10.0. The van der Waals surface area contributed by atoms with E-state index in [0.29, 0.717) is 18.4 Å². The molecule has 108 valence electrons. The topological polar surface area (TPSA) is 38.3 Å². The second-order valence-electron chi connectivity index (χ2n) is 5.39. The summed E-state index contributed by atoms with van der Waals surface area (Å²) in [5, 5.41) is 5.59. The third-order valence-corrected chi connectivity index (χ3v) is 4.13. The Morgan fingerprint density at radius 2 is 2.11 bits per heavy atom. The van der Waals surface area contributed by atoms with Crippen LogP contribution >= 0.6 is 11.3 Å². The lowest BCUT2D eigenvalue weighted by Crippen LogP contribution is -2.32. The van der Waals surface area contributed by atoms with Crippen LogP contribution < -0.4 is 5.32 Å². The van der Waals surface area contributed by atoms with E-state index in [4.69, 9.17) is 4.74 Å². The number of hydrogen-bond donors (Lipinski definition) is 1. The van der Waals surface area contributed by atoms with Crippen molar-refractivity contribution in [2.45, 2.75) is 52.1 Å². The number of ether oxygens (including phenoxy) is 1. The number of esters is 1. The number of hydrogen-bond acceptors (Lipinski definition) is 4. The molecule has 1 heterocycles. The zero-order valence-electron chi connectivity index (χ0n) is 12.3. The molecule has 0 fully saturated rings. The highest BCUT2D eigenvalue weighted by Crippen LogP contribution is 2.23. The maximum Gasteiger partial charge on any atom is 0.307 e. The van der Waals surface area contributed by atoms with Gasteiger partial charge in [0.15, 0.2) is 0 Å². The first-order valence-electron chi connectivity index (χ1n) is 6.89. The molecule has 1 N–H and O–H groups in total. The molecule has 1 rings (SSSR count). The maximum atomic E-state index is 11.5. The summed E-state index contributed by atoms with van der Waals surface area (Å²) >= 11 is 1.68. The normalized spacial score (nSPS) is 14.4. The fourth-order valence-electron chi connectivity index (χ4n) is 1.99. The van der Waals surface area contributed by atoms with Gasteiger partial charge in [-0.15, -0.1) is 11.3 Å². The van der Waals surface area contributed by atoms with E-state index in [0.717, 1.165) is 6.42 Å². The highest BCUT2D eigenvalue weighted by Gasteiger charge is 2.19. The fraction of sp³-hybridized carbons (Fsp3) is 0.667. The van der Waals surface area contributed by atoms with E-state index in [9.17, 15) is 4.79 Å². The Labute approximate surface area is 120 Å². The summed E-state index contributed by atoms with van der Waals surface area (Å²) in [5.74, 6) is 0.548. The second-order valence-corrected chi connectivity index (χ2v) is 6.37. The van der Waals surface area contributed by atoms with Crippen LogP contribution in [0.2, 0.25) is 0 Å². The monoisotopic (exact) mass is 283 g/mol. The van der Waals surface area contributed by atoms with Crippen molar-refractivity contribution in [1.82, 2.24) is 5.32 Å². The Morgan fingerprint density at radius 1 is 1.37 bits per heavy atom. The van der Waals surface area contributed by atoms with E-state index in [2.05, 4.69) is 32.2 Å². The first-order valence-corrected chi connectivity index (χ1v) is 7.77. The summed E-state index contributed by atoms with van der Waals surface area (Å²) in [4.78, 5) is 12.7. The molecule has 2 unspecified atom stereocenters. The summed E-state index contributed by atoms with van der Waals surface area (Å²) in [6.07, 6.45) is 2.72. The number of carbonyl (C=O) groups is 1. The average molecular weight is 283 g/mol. The quantitative estimate of drug-likeness (QED) is 0.738. The lowest BCUT2D eigenvalue weighted by molar-refractivity contribution is -0.141. The molecule has 1 aromatic heterocycles. The summed E-state index contributed by atoms with van der Waals surface area (Å²) in [6, 6.07) is 4.55. The molecule has 0 aliphatic heterocycles. The van der Waals surface area contributed by atoms with Crippen molar-refractivity contribution in [2.75, 3.05) is 7.11 Å². The van der Waals surface area contributed by atoms with Crippen molar-refractivity contribution in [3.05, 3.63) is 22.4 Å². The molecule has 0 spiro atoms. The minimum absolute atomic E-state index is 0.0645. The van der Waals surface area contributed by atoms with Crippen molar-refractivity contribution in [3.63, 3.8) is 0 Å². The Balaban J connectivity index is 2.56. The third kappa shape index (κ3) is 6.21.